The second-order valence-electron chi connectivity index (χ2n) is 8.08. The first kappa shape index (κ1) is 25.8. The van der Waals surface area contributed by atoms with Gasteiger partial charge in [-0.05, 0) is 41.8 Å². The quantitative estimate of drug-likeness (QED) is 0.269. The average molecular weight is 513 g/mol. The van der Waals surface area contributed by atoms with Crippen LogP contribution in [0.25, 0.3) is 0 Å². The van der Waals surface area contributed by atoms with Gasteiger partial charge in [0.15, 0.2) is 17.5 Å². The van der Waals surface area contributed by atoms with E-state index >= 15 is 0 Å². The molecule has 2 aromatic carbocycles. The Hall–Kier alpha value is -4.28. The van der Waals surface area contributed by atoms with Gasteiger partial charge in [-0.15, -0.1) is 0 Å². The van der Waals surface area contributed by atoms with E-state index in [0.29, 0.717) is 17.5 Å². The van der Waals surface area contributed by atoms with Gasteiger partial charge in [0.2, 0.25) is 0 Å². The maximum absolute atomic E-state index is 14.4. The molecule has 2 heterocycles. The zero-order valence-electron chi connectivity index (χ0n) is 19.8. The fourth-order valence-corrected chi connectivity index (χ4v) is 3.30. The molecule has 192 valence electrons. The molecular weight excluding hydrogens is 490 g/mol. The number of ether oxygens (including phenoxy) is 2. The minimum atomic E-state index is -0.709. The van der Waals surface area contributed by atoms with Crippen molar-refractivity contribution in [2.24, 2.45) is 0 Å². The highest BCUT2D eigenvalue weighted by atomic mass is 19.1. The molecule has 0 amide bonds. The summed E-state index contributed by atoms with van der Waals surface area (Å²) in [4.78, 5) is 15.9. The molecule has 0 aliphatic carbocycles. The summed E-state index contributed by atoms with van der Waals surface area (Å²) in [5.74, 6) is -2.20. The van der Waals surface area contributed by atoms with E-state index in [1.807, 2.05) is 6.92 Å². The van der Waals surface area contributed by atoms with Crippen LogP contribution in [-0.4, -0.2) is 26.0 Å². The third-order valence-electron chi connectivity index (χ3n) is 5.35. The van der Waals surface area contributed by atoms with Crippen molar-refractivity contribution in [3.63, 3.8) is 0 Å². The normalized spacial score (nSPS) is 11.7. The summed E-state index contributed by atoms with van der Waals surface area (Å²) >= 11 is 0. The molecule has 0 bridgehead atoms. The second kappa shape index (κ2) is 12.1. The van der Waals surface area contributed by atoms with E-state index in [4.69, 9.17) is 9.47 Å². The van der Waals surface area contributed by atoms with E-state index < -0.39 is 17.7 Å². The van der Waals surface area contributed by atoms with Crippen molar-refractivity contribution in [2.45, 2.75) is 39.0 Å². The summed E-state index contributed by atoms with van der Waals surface area (Å²) in [6.45, 7) is 1.98. The molecule has 4 aromatic rings. The molecule has 0 aliphatic rings. The summed E-state index contributed by atoms with van der Waals surface area (Å²) in [6, 6.07) is 10.9. The van der Waals surface area contributed by atoms with Crippen LogP contribution < -0.4 is 14.8 Å². The second-order valence-corrected chi connectivity index (χ2v) is 8.08. The smallest absolute Gasteiger partial charge is 0.318 e. The molecule has 7 nitrogen and oxygen atoms in total. The van der Waals surface area contributed by atoms with Crippen molar-refractivity contribution >= 4 is 5.82 Å². The third-order valence-corrected chi connectivity index (χ3v) is 5.35. The van der Waals surface area contributed by atoms with Crippen LogP contribution in [0.15, 0.2) is 60.9 Å². The number of benzene rings is 2. The summed E-state index contributed by atoms with van der Waals surface area (Å²) in [5, 5.41) is 2.94. The summed E-state index contributed by atoms with van der Waals surface area (Å²) in [5.41, 5.74) is 1.46. The molecule has 1 atom stereocenters. The predicted octanol–water partition coefficient (Wildman–Crippen LogP) is 5.41. The average Bonchev–Trinajstić information content (AvgIpc) is 2.90. The Kier molecular flexibility index (Phi) is 8.44. The lowest BCUT2D eigenvalue weighted by molar-refractivity contribution is 0.277. The lowest BCUT2D eigenvalue weighted by Gasteiger charge is -2.18. The van der Waals surface area contributed by atoms with E-state index in [0.717, 1.165) is 12.4 Å². The van der Waals surface area contributed by atoms with Gasteiger partial charge in [-0.2, -0.15) is 9.97 Å². The van der Waals surface area contributed by atoms with Gasteiger partial charge in [0, 0.05) is 12.5 Å². The van der Waals surface area contributed by atoms with Gasteiger partial charge in [0.25, 0.3) is 0 Å². The van der Waals surface area contributed by atoms with Gasteiger partial charge >= 0.3 is 12.0 Å². The molecular formula is C26H23F4N5O2. The van der Waals surface area contributed by atoms with Crippen LogP contribution in [0.3, 0.4) is 0 Å². The molecule has 0 fully saturated rings. The van der Waals surface area contributed by atoms with Crippen molar-refractivity contribution in [2.75, 3.05) is 5.32 Å². The Bertz CT molecular complexity index is 1220. The number of aromatic nitrogens is 4. The molecule has 1 N–H and O–H groups in total. The van der Waals surface area contributed by atoms with Crippen LogP contribution in [0.4, 0.5) is 23.4 Å². The van der Waals surface area contributed by atoms with E-state index in [9.17, 15) is 17.6 Å². The lowest BCUT2D eigenvalue weighted by atomic mass is 10.1. The largest absolute Gasteiger partial charge is 0.459 e. The lowest BCUT2D eigenvalue weighted by Crippen LogP contribution is -2.24. The first-order valence-corrected chi connectivity index (χ1v) is 11.4. The third kappa shape index (κ3) is 7.35. The first-order chi connectivity index (χ1) is 17.9. The predicted molar refractivity (Wildman–Crippen MR) is 127 cm³/mol. The van der Waals surface area contributed by atoms with Gasteiger partial charge in [-0.25, -0.2) is 27.5 Å². The van der Waals surface area contributed by atoms with Gasteiger partial charge in [0.1, 0.15) is 24.8 Å². The van der Waals surface area contributed by atoms with Crippen molar-refractivity contribution in [1.82, 2.24) is 19.9 Å². The Morgan fingerprint density at radius 1 is 0.730 bits per heavy atom. The van der Waals surface area contributed by atoms with E-state index in [1.165, 1.54) is 24.3 Å². The van der Waals surface area contributed by atoms with Crippen molar-refractivity contribution in [3.05, 3.63) is 101 Å². The zero-order chi connectivity index (χ0) is 26.2. The van der Waals surface area contributed by atoms with E-state index in [2.05, 4.69) is 25.3 Å². The Morgan fingerprint density at radius 2 is 1.24 bits per heavy atom. The first-order valence-electron chi connectivity index (χ1n) is 11.4. The SMILES string of the molecule is CCC(Cc1nc(OCc2ccc(F)cc2)ncc1F)Nc1nc(OCc2ccc(F)cc2)ncc1F. The molecule has 11 heteroatoms. The number of hydrogen-bond acceptors (Lipinski definition) is 7. The molecule has 0 radical (unpaired) electrons. The standard InChI is InChI=1S/C26H23F4N5O2/c1-2-20(11-23-21(29)12-31-25(34-23)36-14-16-3-7-18(27)8-4-16)33-24-22(30)13-32-26(35-24)37-15-17-5-9-19(28)10-6-17/h3-10,12-13,20H,2,11,14-15H2,1H3,(H,32,33,35). The highest BCUT2D eigenvalue weighted by Crippen LogP contribution is 2.19. The number of anilines is 1. The summed E-state index contributed by atoms with van der Waals surface area (Å²) in [7, 11) is 0. The number of nitrogens with zero attached hydrogens (tertiary/aromatic N) is 4. The molecule has 37 heavy (non-hydrogen) atoms. The zero-order valence-corrected chi connectivity index (χ0v) is 19.8. The molecule has 4 rings (SSSR count). The summed E-state index contributed by atoms with van der Waals surface area (Å²) in [6.07, 6.45) is 2.55. The maximum atomic E-state index is 14.4. The Morgan fingerprint density at radius 3 is 1.78 bits per heavy atom. The van der Waals surface area contributed by atoms with Gasteiger partial charge < -0.3 is 14.8 Å². The van der Waals surface area contributed by atoms with Crippen LogP contribution in [-0.2, 0) is 19.6 Å². The minimum absolute atomic E-state index is 0.0414. The number of halogens is 4. The number of rotatable bonds is 11. The van der Waals surface area contributed by atoms with E-state index in [-0.39, 0.29) is 54.8 Å². The number of hydrogen-bond donors (Lipinski definition) is 1. The molecule has 0 aliphatic heterocycles. The Labute approximate surface area is 210 Å². The minimum Gasteiger partial charge on any atom is -0.459 e. The fourth-order valence-electron chi connectivity index (χ4n) is 3.30. The summed E-state index contributed by atoms with van der Waals surface area (Å²) < 4.78 is 66.0. The van der Waals surface area contributed by atoms with Gasteiger partial charge in [-0.1, -0.05) is 31.2 Å². The molecule has 0 saturated carbocycles. The van der Waals surface area contributed by atoms with Crippen LogP contribution in [0.1, 0.15) is 30.2 Å². The molecule has 1 unspecified atom stereocenters. The molecule has 0 saturated heterocycles. The van der Waals surface area contributed by atoms with Gasteiger partial charge in [-0.3, -0.25) is 0 Å². The topological polar surface area (TPSA) is 82.1 Å². The van der Waals surface area contributed by atoms with Crippen molar-refractivity contribution in [3.8, 4) is 12.0 Å². The van der Waals surface area contributed by atoms with E-state index in [1.54, 1.807) is 24.3 Å². The molecule has 0 spiro atoms. The van der Waals surface area contributed by atoms with Crippen molar-refractivity contribution < 1.29 is 27.0 Å². The van der Waals surface area contributed by atoms with Crippen LogP contribution in [0.5, 0.6) is 12.0 Å². The number of nitrogens with one attached hydrogen (secondary N) is 1. The maximum Gasteiger partial charge on any atom is 0.318 e. The van der Waals surface area contributed by atoms with Crippen LogP contribution >= 0.6 is 0 Å². The highest BCUT2D eigenvalue weighted by Gasteiger charge is 2.17. The Balaban J connectivity index is 1.40. The fraction of sp³-hybridized carbons (Fsp3) is 0.231. The van der Waals surface area contributed by atoms with Gasteiger partial charge in [0.05, 0.1) is 18.1 Å². The van der Waals surface area contributed by atoms with Crippen LogP contribution in [0.2, 0.25) is 0 Å². The van der Waals surface area contributed by atoms with Crippen molar-refractivity contribution in [1.29, 1.82) is 0 Å². The monoisotopic (exact) mass is 513 g/mol. The van der Waals surface area contributed by atoms with Crippen LogP contribution in [0, 0.1) is 23.3 Å². The molecule has 2 aromatic heterocycles. The highest BCUT2D eigenvalue weighted by molar-refractivity contribution is 5.37.